The summed E-state index contributed by atoms with van der Waals surface area (Å²) in [5, 5.41) is 4.16. The maximum atomic E-state index is 12.6. The fourth-order valence-corrected chi connectivity index (χ4v) is 3.74. The third-order valence-electron chi connectivity index (χ3n) is 5.38. The van der Waals surface area contributed by atoms with Gasteiger partial charge in [-0.05, 0) is 56.2 Å². The van der Waals surface area contributed by atoms with Crippen LogP contribution in [0.2, 0.25) is 0 Å². The maximum absolute atomic E-state index is 12.6. The lowest BCUT2D eigenvalue weighted by molar-refractivity contribution is -0.117. The van der Waals surface area contributed by atoms with E-state index in [0.29, 0.717) is 49.4 Å². The van der Waals surface area contributed by atoms with E-state index >= 15 is 0 Å². The van der Waals surface area contributed by atoms with Gasteiger partial charge in [0.25, 0.3) is 5.89 Å². The zero-order chi connectivity index (χ0) is 21.8. The molecule has 0 aliphatic carbocycles. The standard InChI is InChI=1S/C24H27N3O4/c1-4-16-7-10-19(11-8-16)27-15-18(14-22(27)28)23-25-24(31-26-23)17-9-12-20(29-5-2)21(13-17)30-6-3/h7-13,18H,4-6,14-15H2,1-3H3. The van der Waals surface area contributed by atoms with Crippen LogP contribution >= 0.6 is 0 Å². The molecule has 0 N–H and O–H groups in total. The van der Waals surface area contributed by atoms with Crippen molar-refractivity contribution >= 4 is 11.6 Å². The van der Waals surface area contributed by atoms with E-state index in [1.807, 2.05) is 44.2 Å². The van der Waals surface area contributed by atoms with E-state index in [9.17, 15) is 4.79 Å². The summed E-state index contributed by atoms with van der Waals surface area (Å²) in [5.74, 6) is 2.23. The molecule has 7 heteroatoms. The first kappa shape index (κ1) is 20.9. The van der Waals surface area contributed by atoms with Crippen molar-refractivity contribution in [1.82, 2.24) is 10.1 Å². The lowest BCUT2D eigenvalue weighted by Gasteiger charge is -2.16. The molecule has 0 radical (unpaired) electrons. The first-order valence-corrected chi connectivity index (χ1v) is 10.8. The van der Waals surface area contributed by atoms with Crippen molar-refractivity contribution in [2.45, 2.75) is 39.5 Å². The zero-order valence-corrected chi connectivity index (χ0v) is 18.1. The van der Waals surface area contributed by atoms with Gasteiger partial charge in [-0.25, -0.2) is 0 Å². The van der Waals surface area contributed by atoms with Crippen molar-refractivity contribution in [3.8, 4) is 23.0 Å². The minimum atomic E-state index is -0.107. The molecule has 4 rings (SSSR count). The first-order chi connectivity index (χ1) is 15.1. The summed E-state index contributed by atoms with van der Waals surface area (Å²) in [6.45, 7) is 7.58. The number of rotatable bonds is 8. The normalized spacial score (nSPS) is 16.0. The summed E-state index contributed by atoms with van der Waals surface area (Å²) in [4.78, 5) is 19.0. The molecular weight excluding hydrogens is 394 g/mol. The van der Waals surface area contributed by atoms with E-state index in [-0.39, 0.29) is 11.8 Å². The highest BCUT2D eigenvalue weighted by atomic mass is 16.5. The van der Waals surface area contributed by atoms with E-state index in [4.69, 9.17) is 14.0 Å². The fourth-order valence-electron chi connectivity index (χ4n) is 3.74. The summed E-state index contributed by atoms with van der Waals surface area (Å²) in [7, 11) is 0. The number of amides is 1. The van der Waals surface area contributed by atoms with Gasteiger partial charge in [0.05, 0.1) is 13.2 Å². The third kappa shape index (κ3) is 4.40. The molecule has 0 bridgehead atoms. The molecule has 7 nitrogen and oxygen atoms in total. The molecule has 1 amide bonds. The van der Waals surface area contributed by atoms with Crippen molar-refractivity contribution < 1.29 is 18.8 Å². The molecule has 2 aromatic carbocycles. The monoisotopic (exact) mass is 421 g/mol. The summed E-state index contributed by atoms with van der Waals surface area (Å²) >= 11 is 0. The van der Waals surface area contributed by atoms with Gasteiger partial charge in [0.1, 0.15) is 0 Å². The van der Waals surface area contributed by atoms with Crippen LogP contribution in [0, 0.1) is 0 Å². The van der Waals surface area contributed by atoms with Crippen molar-refractivity contribution in [3.05, 3.63) is 53.9 Å². The Hall–Kier alpha value is -3.35. The quantitative estimate of drug-likeness (QED) is 0.528. The van der Waals surface area contributed by atoms with Crippen LogP contribution < -0.4 is 14.4 Å². The Bertz CT molecular complexity index is 1050. The van der Waals surface area contributed by atoms with E-state index in [1.165, 1.54) is 5.56 Å². The Balaban J connectivity index is 1.52. The van der Waals surface area contributed by atoms with Gasteiger partial charge in [-0.3, -0.25) is 4.79 Å². The molecule has 1 fully saturated rings. The molecule has 1 aliphatic rings. The first-order valence-electron chi connectivity index (χ1n) is 10.8. The average molecular weight is 421 g/mol. The second-order valence-electron chi connectivity index (χ2n) is 7.41. The summed E-state index contributed by atoms with van der Waals surface area (Å²) in [6.07, 6.45) is 1.33. The number of ether oxygens (including phenoxy) is 2. The number of anilines is 1. The zero-order valence-electron chi connectivity index (χ0n) is 18.1. The van der Waals surface area contributed by atoms with Crippen molar-refractivity contribution in [3.63, 3.8) is 0 Å². The summed E-state index contributed by atoms with van der Waals surface area (Å²) in [5.41, 5.74) is 2.90. The third-order valence-corrected chi connectivity index (χ3v) is 5.38. The summed E-state index contributed by atoms with van der Waals surface area (Å²) in [6, 6.07) is 13.7. The molecule has 1 aliphatic heterocycles. The van der Waals surface area contributed by atoms with Gasteiger partial charge in [-0.15, -0.1) is 0 Å². The Labute approximate surface area is 182 Å². The Kier molecular flexibility index (Phi) is 6.21. The van der Waals surface area contributed by atoms with E-state index in [0.717, 1.165) is 17.7 Å². The average Bonchev–Trinajstić information content (AvgIpc) is 3.42. The molecule has 1 saturated heterocycles. The number of carbonyl (C=O) groups is 1. The second kappa shape index (κ2) is 9.20. The van der Waals surface area contributed by atoms with Crippen LogP contribution in [0.5, 0.6) is 11.5 Å². The Morgan fingerprint density at radius 2 is 1.77 bits per heavy atom. The van der Waals surface area contributed by atoms with Crippen molar-refractivity contribution in [2.24, 2.45) is 0 Å². The molecule has 162 valence electrons. The van der Waals surface area contributed by atoms with Crippen molar-refractivity contribution in [1.29, 1.82) is 0 Å². The molecule has 2 heterocycles. The van der Waals surface area contributed by atoms with Gasteiger partial charge in [-0.2, -0.15) is 4.98 Å². The van der Waals surface area contributed by atoms with E-state index in [2.05, 4.69) is 29.2 Å². The lowest BCUT2D eigenvalue weighted by Crippen LogP contribution is -2.24. The van der Waals surface area contributed by atoms with E-state index < -0.39 is 0 Å². The highest BCUT2D eigenvalue weighted by Crippen LogP contribution is 2.34. The number of hydrogen-bond donors (Lipinski definition) is 0. The van der Waals surface area contributed by atoms with Gasteiger partial charge < -0.3 is 18.9 Å². The largest absolute Gasteiger partial charge is 0.490 e. The SMILES string of the molecule is CCOc1ccc(-c2nc(C3CC(=O)N(c4ccc(CC)cc4)C3)no2)cc1OCC. The number of benzene rings is 2. The smallest absolute Gasteiger partial charge is 0.258 e. The van der Waals surface area contributed by atoms with E-state index in [1.54, 1.807) is 4.90 Å². The molecule has 0 saturated carbocycles. The van der Waals surface area contributed by atoms with Crippen LogP contribution in [-0.4, -0.2) is 35.8 Å². The lowest BCUT2D eigenvalue weighted by atomic mass is 10.1. The molecule has 0 spiro atoms. The molecule has 3 aromatic rings. The summed E-state index contributed by atoms with van der Waals surface area (Å²) < 4.78 is 16.8. The topological polar surface area (TPSA) is 77.7 Å². The van der Waals surface area contributed by atoms with Crippen LogP contribution in [0.4, 0.5) is 5.69 Å². The van der Waals surface area contributed by atoms with Gasteiger partial charge in [0.15, 0.2) is 17.3 Å². The highest BCUT2D eigenvalue weighted by molar-refractivity contribution is 5.96. The predicted molar refractivity (Wildman–Crippen MR) is 118 cm³/mol. The molecule has 1 atom stereocenters. The number of nitrogens with zero attached hydrogens (tertiary/aromatic N) is 3. The molecule has 1 aromatic heterocycles. The van der Waals surface area contributed by atoms with Crippen LogP contribution in [0.1, 0.15) is 44.5 Å². The Morgan fingerprint density at radius 3 is 2.48 bits per heavy atom. The Morgan fingerprint density at radius 1 is 1.03 bits per heavy atom. The van der Waals surface area contributed by atoms with Crippen LogP contribution in [0.15, 0.2) is 47.0 Å². The van der Waals surface area contributed by atoms with Gasteiger partial charge in [-0.1, -0.05) is 24.2 Å². The second-order valence-corrected chi connectivity index (χ2v) is 7.41. The molecule has 31 heavy (non-hydrogen) atoms. The molecule has 1 unspecified atom stereocenters. The number of carbonyl (C=O) groups excluding carboxylic acids is 1. The number of aromatic nitrogens is 2. The minimum absolute atomic E-state index is 0.0697. The fraction of sp³-hybridized carbons (Fsp3) is 0.375. The number of hydrogen-bond acceptors (Lipinski definition) is 6. The predicted octanol–water partition coefficient (Wildman–Crippen LogP) is 4.62. The van der Waals surface area contributed by atoms with Crippen LogP contribution in [0.25, 0.3) is 11.5 Å². The van der Waals surface area contributed by atoms with Crippen molar-refractivity contribution in [2.75, 3.05) is 24.7 Å². The minimum Gasteiger partial charge on any atom is -0.490 e. The molecular formula is C24H27N3O4. The number of aryl methyl sites for hydroxylation is 1. The highest BCUT2D eigenvalue weighted by Gasteiger charge is 2.34. The van der Waals surface area contributed by atoms with Crippen LogP contribution in [-0.2, 0) is 11.2 Å². The van der Waals surface area contributed by atoms with Gasteiger partial charge in [0.2, 0.25) is 5.91 Å². The van der Waals surface area contributed by atoms with Crippen LogP contribution in [0.3, 0.4) is 0 Å². The van der Waals surface area contributed by atoms with Gasteiger partial charge in [0, 0.05) is 30.1 Å². The van der Waals surface area contributed by atoms with Gasteiger partial charge >= 0.3 is 0 Å². The maximum Gasteiger partial charge on any atom is 0.258 e.